The largest absolute Gasteiger partial charge is 0.354 e. The minimum Gasteiger partial charge on any atom is -0.354 e. The number of unbranched alkanes of at least 4 members (excludes halogenated alkanes) is 27. The minimum absolute atomic E-state index is 0.113. The maximum absolute atomic E-state index is 12.7. The van der Waals surface area contributed by atoms with Crippen LogP contribution in [0.4, 0.5) is 0 Å². The Kier molecular flexibility index (Phi) is 26.8. The number of nitrogens with zero attached hydrogens (tertiary/aromatic N) is 1. The van der Waals surface area contributed by atoms with Crippen LogP contribution in [0.1, 0.15) is 258 Å². The van der Waals surface area contributed by atoms with Gasteiger partial charge in [0, 0.05) is 40.3 Å². The highest BCUT2D eigenvalue weighted by Gasteiger charge is 2.24. The van der Waals surface area contributed by atoms with E-state index < -0.39 is 0 Å². The lowest BCUT2D eigenvalue weighted by atomic mass is 9.96. The van der Waals surface area contributed by atoms with Gasteiger partial charge in [-0.1, -0.05) is 267 Å². The molecule has 0 unspecified atom stereocenters. The van der Waals surface area contributed by atoms with E-state index in [1.54, 1.807) is 12.2 Å². The highest BCUT2D eigenvalue weighted by atomic mass is 16.2. The normalized spacial score (nSPS) is 15.8. The molecule has 0 saturated carbocycles. The van der Waals surface area contributed by atoms with Crippen molar-refractivity contribution in [3.63, 3.8) is 0 Å². The monoisotopic (exact) mass is 1060 g/mol. The highest BCUT2D eigenvalue weighted by Crippen LogP contribution is 2.36. The van der Waals surface area contributed by atoms with Crippen molar-refractivity contribution in [2.45, 2.75) is 233 Å². The van der Waals surface area contributed by atoms with Gasteiger partial charge in [-0.05, 0) is 108 Å². The third-order valence-corrected chi connectivity index (χ3v) is 16.4. The van der Waals surface area contributed by atoms with Crippen molar-refractivity contribution >= 4 is 34.2 Å². The Morgan fingerprint density at radius 1 is 0.329 bits per heavy atom. The van der Waals surface area contributed by atoms with Gasteiger partial charge in [-0.15, -0.1) is 0 Å². The summed E-state index contributed by atoms with van der Waals surface area (Å²) in [6, 6.07) is 31.3. The van der Waals surface area contributed by atoms with Gasteiger partial charge >= 0.3 is 0 Å². The van der Waals surface area contributed by atoms with Crippen LogP contribution in [0.3, 0.4) is 0 Å². The van der Waals surface area contributed by atoms with E-state index in [2.05, 4.69) is 133 Å². The summed E-state index contributed by atoms with van der Waals surface area (Å²) < 4.78 is 0. The Hall–Kier alpha value is -6.01. The number of hydrogen-bond donors (Lipinski definition) is 3. The second-order valence-electron chi connectivity index (χ2n) is 23.0. The zero-order chi connectivity index (χ0) is 55.1. The van der Waals surface area contributed by atoms with Crippen LogP contribution in [0.5, 0.6) is 0 Å². The molecule has 0 saturated heterocycles. The molecule has 3 aliphatic rings. The molecule has 6 nitrogen and oxygen atoms in total. The summed E-state index contributed by atoms with van der Waals surface area (Å²) in [4.78, 5) is 34.8. The molecular formula is C73H98N4O2. The van der Waals surface area contributed by atoms with Gasteiger partial charge in [-0.3, -0.25) is 9.59 Å². The summed E-state index contributed by atoms with van der Waals surface area (Å²) in [5, 5.41) is 6.24. The number of rotatable bonds is 39. The molecule has 0 aliphatic carbocycles. The number of nitrogens with one attached hydrogen (secondary N) is 3. The lowest BCUT2D eigenvalue weighted by Gasteiger charge is -2.14. The quantitative estimate of drug-likeness (QED) is 0.0389. The minimum atomic E-state index is -0.122. The highest BCUT2D eigenvalue weighted by molar-refractivity contribution is 6.32. The molecule has 3 aliphatic heterocycles. The summed E-state index contributed by atoms with van der Waals surface area (Å²) in [5.74, 6) is -0.236. The van der Waals surface area contributed by atoms with Crippen LogP contribution >= 0.6 is 0 Å². The lowest BCUT2D eigenvalue weighted by molar-refractivity contribution is -0.116. The summed E-state index contributed by atoms with van der Waals surface area (Å²) in [7, 11) is 0. The Labute approximate surface area is 478 Å². The summed E-state index contributed by atoms with van der Waals surface area (Å²) >= 11 is 0. The Morgan fingerprint density at radius 3 is 1.00 bits per heavy atom. The van der Waals surface area contributed by atoms with E-state index in [-0.39, 0.29) is 11.8 Å². The molecule has 79 heavy (non-hydrogen) atoms. The number of aryl methyl sites for hydroxylation is 3. The van der Waals surface area contributed by atoms with Crippen molar-refractivity contribution < 1.29 is 9.59 Å². The zero-order valence-corrected chi connectivity index (χ0v) is 49.1. The van der Waals surface area contributed by atoms with Crippen molar-refractivity contribution in [2.24, 2.45) is 4.99 Å². The summed E-state index contributed by atoms with van der Waals surface area (Å²) in [6.45, 7) is 6.85. The topological polar surface area (TPSA) is 86.3 Å². The molecule has 0 atom stereocenters. The number of aliphatic imine (C=N–C) groups is 1. The molecule has 4 heterocycles. The maximum Gasteiger partial charge on any atom is 0.248 e. The maximum atomic E-state index is 12.7. The molecular weight excluding hydrogens is 965 g/mol. The van der Waals surface area contributed by atoms with Crippen molar-refractivity contribution in [3.05, 3.63) is 183 Å². The number of allylic oxidation sites excluding steroid dienone is 5. The number of H-pyrrole nitrogens is 1. The van der Waals surface area contributed by atoms with Gasteiger partial charge in [-0.2, -0.15) is 0 Å². The van der Waals surface area contributed by atoms with Crippen molar-refractivity contribution in [1.29, 1.82) is 0 Å². The molecule has 1 aromatic heterocycles. The fourth-order valence-electron chi connectivity index (χ4n) is 11.7. The van der Waals surface area contributed by atoms with Gasteiger partial charge in [0.2, 0.25) is 11.8 Å². The standard InChI is InChI=1S/C73H98N4O2/c1-4-7-10-13-16-19-22-25-28-31-34-57-37-43-60(44-38-57)71(63-49-51-65(74-63)72(67-53-55-69(78)76-67)61-45-39-58(40-46-61)35-32-29-26-23-20-17-14-11-8-5-2)64-50-52-66(75-64)73(68-54-56-70(79)77-68)62-47-41-59(42-48-62)36-33-30-27-24-21-18-15-12-9-6-3/h37-56,74H,4-36H2,1-3H3,(H,76,78)(H,77,79)/b71-64-,72-67-,73-68+. The number of amides is 2. The molecule has 3 aromatic carbocycles. The predicted octanol–water partition coefficient (Wildman–Crippen LogP) is 19.7. The number of aromatic nitrogens is 1. The number of benzene rings is 3. The van der Waals surface area contributed by atoms with Crippen LogP contribution in [0.25, 0.3) is 16.7 Å². The second kappa shape index (κ2) is 34.9. The average Bonchev–Trinajstić information content (AvgIpc) is 4.43. The van der Waals surface area contributed by atoms with Gasteiger partial charge < -0.3 is 15.6 Å². The van der Waals surface area contributed by atoms with Crippen LogP contribution < -0.4 is 10.6 Å². The molecule has 3 N–H and O–H groups in total. The van der Waals surface area contributed by atoms with E-state index in [4.69, 9.17) is 4.99 Å². The molecule has 6 heteroatoms. The molecule has 4 aromatic rings. The predicted molar refractivity (Wildman–Crippen MR) is 337 cm³/mol. The van der Waals surface area contributed by atoms with E-state index in [1.807, 2.05) is 12.2 Å². The van der Waals surface area contributed by atoms with Gasteiger partial charge in [0.15, 0.2) is 0 Å². The third kappa shape index (κ3) is 20.2. The van der Waals surface area contributed by atoms with Crippen molar-refractivity contribution in [3.8, 4) is 0 Å². The number of carbonyl (C=O) groups excluding carboxylic acids is 2. The fraction of sp³-hybridized carbons (Fsp3) is 0.493. The van der Waals surface area contributed by atoms with E-state index in [0.29, 0.717) is 0 Å². The van der Waals surface area contributed by atoms with E-state index >= 15 is 0 Å². The summed E-state index contributed by atoms with van der Waals surface area (Å²) in [5.41, 5.74) is 15.1. The van der Waals surface area contributed by atoms with Gasteiger partial charge in [0.05, 0.1) is 22.8 Å². The Balaban J connectivity index is 1.11. The number of hydrogen-bond acceptors (Lipinski definition) is 3. The van der Waals surface area contributed by atoms with Gasteiger partial charge in [0.25, 0.3) is 0 Å². The molecule has 422 valence electrons. The molecule has 7 rings (SSSR count). The Bertz CT molecular complexity index is 2700. The fourth-order valence-corrected chi connectivity index (χ4v) is 11.7. The van der Waals surface area contributed by atoms with Crippen molar-refractivity contribution in [2.75, 3.05) is 0 Å². The average molecular weight is 1060 g/mol. The van der Waals surface area contributed by atoms with Gasteiger partial charge in [-0.25, -0.2) is 4.99 Å². The first-order valence-electron chi connectivity index (χ1n) is 31.9. The number of aromatic amines is 1. The van der Waals surface area contributed by atoms with E-state index in [9.17, 15) is 9.59 Å². The first-order chi connectivity index (χ1) is 38.9. The SMILES string of the molecule is CCCCCCCCCCCCc1ccc(/C(=C2\C=CC(C(=C3\C=CC(=O)N3)/c3ccc(CCCCCCCCCCCC)cc3)=N2)c2ccc(/C(=C3/C=CC(=O)N3)c3ccc(CCCCCCCCCCCC)cc3)[nH]2)cc1. The second-order valence-corrected chi connectivity index (χ2v) is 23.0. The Morgan fingerprint density at radius 2 is 0.646 bits per heavy atom. The van der Waals surface area contributed by atoms with E-state index in [0.717, 1.165) is 86.9 Å². The van der Waals surface area contributed by atoms with E-state index in [1.165, 1.54) is 209 Å². The van der Waals surface area contributed by atoms with Crippen LogP contribution in [0.15, 0.2) is 143 Å². The van der Waals surface area contributed by atoms with Crippen LogP contribution in [-0.4, -0.2) is 22.5 Å². The van der Waals surface area contributed by atoms with Crippen LogP contribution in [0, 0.1) is 0 Å². The lowest BCUT2D eigenvalue weighted by Crippen LogP contribution is -2.16. The number of carbonyl (C=O) groups is 2. The smallest absolute Gasteiger partial charge is 0.248 e. The zero-order valence-electron chi connectivity index (χ0n) is 49.1. The summed E-state index contributed by atoms with van der Waals surface area (Å²) in [6.07, 6.45) is 54.4. The third-order valence-electron chi connectivity index (χ3n) is 16.4. The molecule has 0 fully saturated rings. The van der Waals surface area contributed by atoms with Gasteiger partial charge in [0.1, 0.15) is 0 Å². The molecule has 0 radical (unpaired) electrons. The first-order valence-corrected chi connectivity index (χ1v) is 31.9. The first kappa shape index (κ1) is 60.6. The molecule has 0 bridgehead atoms. The van der Waals surface area contributed by atoms with Crippen LogP contribution in [0.2, 0.25) is 0 Å². The molecule has 0 spiro atoms. The van der Waals surface area contributed by atoms with Crippen molar-refractivity contribution in [1.82, 2.24) is 15.6 Å². The molecule has 2 amide bonds. The van der Waals surface area contributed by atoms with Crippen LogP contribution in [-0.2, 0) is 28.9 Å².